The average Bonchev–Trinajstić information content (AvgIpc) is 3.19. The fraction of sp³-hybridized carbons (Fsp3) is 0. The largest absolute Gasteiger partial charge is 0.507 e. The maximum atomic E-state index is 12.0. The van der Waals surface area contributed by atoms with E-state index < -0.39 is 11.9 Å². The van der Waals surface area contributed by atoms with E-state index in [1.807, 2.05) is 0 Å². The quantitative estimate of drug-likeness (QED) is 0.303. The summed E-state index contributed by atoms with van der Waals surface area (Å²) < 4.78 is 10.3. The van der Waals surface area contributed by atoms with Crippen LogP contribution in [0.1, 0.15) is 26.5 Å². The molecule has 0 saturated carbocycles. The molecular formula is C19H13ClN2O5. The molecule has 0 radical (unpaired) electrons. The van der Waals surface area contributed by atoms with Crippen molar-refractivity contribution in [1.82, 2.24) is 5.43 Å². The summed E-state index contributed by atoms with van der Waals surface area (Å²) in [6.45, 7) is 0. The molecule has 0 aliphatic carbocycles. The Hall–Kier alpha value is -3.58. The predicted molar refractivity (Wildman–Crippen MR) is 98.3 cm³/mol. The fourth-order valence-electron chi connectivity index (χ4n) is 2.14. The number of carbonyl (C=O) groups is 2. The first-order chi connectivity index (χ1) is 13.0. The molecule has 3 rings (SSSR count). The number of phenolic OH excluding ortho intramolecular Hbond substituents is 1. The third kappa shape index (κ3) is 4.53. The molecule has 2 N–H and O–H groups in total. The molecule has 0 aliphatic rings. The van der Waals surface area contributed by atoms with Crippen LogP contribution in [-0.2, 0) is 0 Å². The molecule has 0 bridgehead atoms. The lowest BCUT2D eigenvalue weighted by molar-refractivity contribution is 0.0700. The zero-order valence-corrected chi connectivity index (χ0v) is 14.5. The summed E-state index contributed by atoms with van der Waals surface area (Å²) in [4.78, 5) is 24.1. The summed E-state index contributed by atoms with van der Waals surface area (Å²) in [6, 6.07) is 13.6. The lowest BCUT2D eigenvalue weighted by atomic mass is 10.2. The number of phenols is 1. The van der Waals surface area contributed by atoms with Gasteiger partial charge in [0.05, 0.1) is 18.0 Å². The van der Waals surface area contributed by atoms with Crippen LogP contribution in [0.15, 0.2) is 70.4 Å². The number of para-hydroxylation sites is 1. The van der Waals surface area contributed by atoms with Gasteiger partial charge in [-0.25, -0.2) is 10.2 Å². The predicted octanol–water partition coefficient (Wildman–Crippen LogP) is 3.62. The summed E-state index contributed by atoms with van der Waals surface area (Å²) in [5.41, 5.74) is 2.72. The van der Waals surface area contributed by atoms with E-state index in [4.69, 9.17) is 20.8 Å². The molecule has 0 spiro atoms. The van der Waals surface area contributed by atoms with Crippen molar-refractivity contribution in [2.45, 2.75) is 0 Å². The number of hydrazone groups is 1. The van der Waals surface area contributed by atoms with Gasteiger partial charge in [-0.15, -0.1) is 0 Å². The average molecular weight is 385 g/mol. The van der Waals surface area contributed by atoms with Gasteiger partial charge in [-0.05, 0) is 42.5 Å². The Morgan fingerprint density at radius 1 is 1.15 bits per heavy atom. The smallest absolute Gasteiger partial charge is 0.379 e. The number of furan rings is 1. The highest BCUT2D eigenvalue weighted by Crippen LogP contribution is 2.22. The number of rotatable bonds is 5. The van der Waals surface area contributed by atoms with Crippen LogP contribution >= 0.6 is 11.6 Å². The minimum absolute atomic E-state index is 0.0423. The Bertz CT molecular complexity index is 999. The van der Waals surface area contributed by atoms with E-state index in [0.717, 1.165) is 0 Å². The molecule has 1 amide bonds. The van der Waals surface area contributed by atoms with Crippen LogP contribution in [0.2, 0.25) is 5.02 Å². The van der Waals surface area contributed by atoms with Crippen molar-refractivity contribution < 1.29 is 23.8 Å². The van der Waals surface area contributed by atoms with Crippen molar-refractivity contribution in [3.8, 4) is 11.5 Å². The van der Waals surface area contributed by atoms with E-state index in [1.165, 1.54) is 42.8 Å². The topological polar surface area (TPSA) is 101 Å². The van der Waals surface area contributed by atoms with Crippen molar-refractivity contribution in [2.24, 2.45) is 5.10 Å². The molecule has 0 fully saturated rings. The van der Waals surface area contributed by atoms with E-state index in [1.54, 1.807) is 24.3 Å². The third-order valence-corrected chi connectivity index (χ3v) is 3.65. The van der Waals surface area contributed by atoms with Crippen LogP contribution in [0.5, 0.6) is 11.5 Å². The van der Waals surface area contributed by atoms with Crippen LogP contribution in [0.3, 0.4) is 0 Å². The summed E-state index contributed by atoms with van der Waals surface area (Å²) in [5, 5.41) is 13.9. The number of hydrogen-bond acceptors (Lipinski definition) is 6. The number of nitrogens with one attached hydrogen (secondary N) is 1. The maximum Gasteiger partial charge on any atom is 0.379 e. The Morgan fingerprint density at radius 3 is 2.70 bits per heavy atom. The van der Waals surface area contributed by atoms with E-state index in [-0.39, 0.29) is 22.8 Å². The van der Waals surface area contributed by atoms with E-state index >= 15 is 0 Å². The molecule has 1 aromatic heterocycles. The second-order valence-corrected chi connectivity index (χ2v) is 5.70. The molecule has 3 aromatic rings. The van der Waals surface area contributed by atoms with Gasteiger partial charge in [0.1, 0.15) is 11.5 Å². The number of ether oxygens (including phenoxy) is 1. The molecular weight excluding hydrogens is 372 g/mol. The van der Waals surface area contributed by atoms with Crippen LogP contribution in [-0.4, -0.2) is 23.2 Å². The first kappa shape index (κ1) is 18.2. The Morgan fingerprint density at radius 2 is 1.96 bits per heavy atom. The minimum atomic E-state index is -0.685. The standard InChI is InChI=1S/C19H13ClN2O5/c20-13-7-8-16(27-19(25)17-6-3-9-26-17)12(10-13)11-21-22-18(24)14-4-1-2-5-15(14)23/h1-11,23H,(H,22,24)/b21-11+. The van der Waals surface area contributed by atoms with Crippen LogP contribution in [0.25, 0.3) is 0 Å². The van der Waals surface area contributed by atoms with Crippen molar-refractivity contribution in [3.63, 3.8) is 0 Å². The Balaban J connectivity index is 1.75. The molecule has 136 valence electrons. The van der Waals surface area contributed by atoms with E-state index in [0.29, 0.717) is 10.6 Å². The van der Waals surface area contributed by atoms with Crippen molar-refractivity contribution >= 4 is 29.7 Å². The monoisotopic (exact) mass is 384 g/mol. The first-order valence-corrected chi connectivity index (χ1v) is 8.09. The Kier molecular flexibility index (Phi) is 5.53. The van der Waals surface area contributed by atoms with Crippen molar-refractivity contribution in [1.29, 1.82) is 0 Å². The summed E-state index contributed by atoms with van der Waals surface area (Å²) in [7, 11) is 0. The van der Waals surface area contributed by atoms with Crippen LogP contribution in [0.4, 0.5) is 0 Å². The highest BCUT2D eigenvalue weighted by Gasteiger charge is 2.14. The molecule has 27 heavy (non-hydrogen) atoms. The number of esters is 1. The van der Waals surface area contributed by atoms with Gasteiger partial charge in [-0.2, -0.15) is 5.10 Å². The van der Waals surface area contributed by atoms with E-state index in [2.05, 4.69) is 10.5 Å². The van der Waals surface area contributed by atoms with Crippen molar-refractivity contribution in [2.75, 3.05) is 0 Å². The number of carbonyl (C=O) groups excluding carboxylic acids is 2. The normalized spacial score (nSPS) is 10.7. The van der Waals surface area contributed by atoms with Gasteiger partial charge in [0.25, 0.3) is 5.91 Å². The number of benzene rings is 2. The minimum Gasteiger partial charge on any atom is -0.507 e. The van der Waals surface area contributed by atoms with Gasteiger partial charge < -0.3 is 14.3 Å². The summed E-state index contributed by atoms with van der Waals surface area (Å²) in [6.07, 6.45) is 2.63. The maximum absolute atomic E-state index is 12.0. The third-order valence-electron chi connectivity index (χ3n) is 3.42. The van der Waals surface area contributed by atoms with Gasteiger partial charge in [-0.1, -0.05) is 23.7 Å². The van der Waals surface area contributed by atoms with E-state index in [9.17, 15) is 14.7 Å². The number of hydrogen-bond donors (Lipinski definition) is 2. The van der Waals surface area contributed by atoms with Crippen LogP contribution < -0.4 is 10.2 Å². The second-order valence-electron chi connectivity index (χ2n) is 5.27. The highest BCUT2D eigenvalue weighted by molar-refractivity contribution is 6.31. The van der Waals surface area contributed by atoms with Crippen LogP contribution in [0, 0.1) is 0 Å². The van der Waals surface area contributed by atoms with Crippen molar-refractivity contribution in [3.05, 3.63) is 82.8 Å². The Labute approximate surface area is 158 Å². The molecule has 0 atom stereocenters. The lowest BCUT2D eigenvalue weighted by Crippen LogP contribution is -2.17. The SMILES string of the molecule is O=C(Oc1ccc(Cl)cc1/C=N/NC(=O)c1ccccc1O)c1ccco1. The summed E-state index contributed by atoms with van der Waals surface area (Å²) in [5.74, 6) is -1.22. The number of halogens is 1. The molecule has 1 heterocycles. The molecule has 0 aliphatic heterocycles. The van der Waals surface area contributed by atoms with Gasteiger partial charge in [0, 0.05) is 10.6 Å². The molecule has 2 aromatic carbocycles. The summed E-state index contributed by atoms with van der Waals surface area (Å²) >= 11 is 5.97. The lowest BCUT2D eigenvalue weighted by Gasteiger charge is -2.07. The number of nitrogens with zero attached hydrogens (tertiary/aromatic N) is 1. The fourth-order valence-corrected chi connectivity index (χ4v) is 2.32. The second kappa shape index (κ2) is 8.20. The zero-order valence-electron chi connectivity index (χ0n) is 13.8. The van der Waals surface area contributed by atoms with Gasteiger partial charge in [0.15, 0.2) is 0 Å². The molecule has 8 heteroatoms. The van der Waals surface area contributed by atoms with Gasteiger partial charge in [-0.3, -0.25) is 4.79 Å². The first-order valence-electron chi connectivity index (χ1n) is 7.71. The highest BCUT2D eigenvalue weighted by atomic mass is 35.5. The van der Waals surface area contributed by atoms with Gasteiger partial charge >= 0.3 is 5.97 Å². The van der Waals surface area contributed by atoms with Gasteiger partial charge in [0.2, 0.25) is 5.76 Å². The molecule has 0 unspecified atom stereocenters. The molecule has 0 saturated heterocycles. The zero-order chi connectivity index (χ0) is 19.2. The molecule has 7 nitrogen and oxygen atoms in total. The number of aromatic hydroxyl groups is 1. The number of amides is 1.